The Kier molecular flexibility index (Phi) is 7.24. The van der Waals surface area contributed by atoms with Crippen LogP contribution < -0.4 is 10.7 Å². The van der Waals surface area contributed by atoms with E-state index < -0.39 is 0 Å². The van der Waals surface area contributed by atoms with E-state index in [1.807, 2.05) is 0 Å². The number of rotatable bonds is 5. The molecule has 0 heterocycles. The van der Waals surface area contributed by atoms with Crippen molar-refractivity contribution in [2.75, 3.05) is 7.11 Å². The number of carbonyl (C=O) groups excluding carboxylic acids is 1. The van der Waals surface area contributed by atoms with Gasteiger partial charge in [-0.2, -0.15) is 5.10 Å². The molecule has 0 fully saturated rings. The summed E-state index contributed by atoms with van der Waals surface area (Å²) < 4.78 is 18.4. The van der Waals surface area contributed by atoms with Crippen LogP contribution in [0.1, 0.15) is 18.9 Å². The molecular formula is C13H15BrFN3O2S. The van der Waals surface area contributed by atoms with Crippen molar-refractivity contribution in [2.45, 2.75) is 19.9 Å². The van der Waals surface area contributed by atoms with Crippen LogP contribution in [-0.2, 0) is 16.1 Å². The molecule has 1 aromatic rings. The largest absolute Gasteiger partial charge is 0.469 e. The van der Waals surface area contributed by atoms with Crippen LogP contribution in [0.3, 0.4) is 0 Å². The summed E-state index contributed by atoms with van der Waals surface area (Å²) in [5.41, 5.74) is 3.88. The maximum atomic E-state index is 13.1. The van der Waals surface area contributed by atoms with E-state index in [0.717, 1.165) is 10.0 Å². The highest BCUT2D eigenvalue weighted by atomic mass is 79.9. The topological polar surface area (TPSA) is 62.7 Å². The maximum Gasteiger partial charge on any atom is 0.311 e. The SMILES string of the molecule is COC(=O)C/C(C)=N/NC(=S)NCc1cc(F)ccc1Br. The minimum absolute atomic E-state index is 0.0849. The molecule has 0 atom stereocenters. The van der Waals surface area contributed by atoms with E-state index in [4.69, 9.17) is 12.2 Å². The van der Waals surface area contributed by atoms with E-state index >= 15 is 0 Å². The van der Waals surface area contributed by atoms with E-state index in [9.17, 15) is 9.18 Å². The molecule has 0 unspecified atom stereocenters. The van der Waals surface area contributed by atoms with Gasteiger partial charge in [-0.15, -0.1) is 0 Å². The summed E-state index contributed by atoms with van der Waals surface area (Å²) in [7, 11) is 1.31. The number of hydrogen-bond acceptors (Lipinski definition) is 4. The van der Waals surface area contributed by atoms with Crippen molar-refractivity contribution in [2.24, 2.45) is 5.10 Å². The number of esters is 1. The zero-order valence-electron chi connectivity index (χ0n) is 11.6. The minimum Gasteiger partial charge on any atom is -0.469 e. The normalized spacial score (nSPS) is 11.0. The van der Waals surface area contributed by atoms with Gasteiger partial charge in [0.05, 0.1) is 13.5 Å². The van der Waals surface area contributed by atoms with Crippen LogP contribution in [0.2, 0.25) is 0 Å². The van der Waals surface area contributed by atoms with Gasteiger partial charge in [-0.3, -0.25) is 10.2 Å². The monoisotopic (exact) mass is 375 g/mol. The summed E-state index contributed by atoms with van der Waals surface area (Å²) in [4.78, 5) is 11.0. The Morgan fingerprint density at radius 2 is 2.24 bits per heavy atom. The Bertz CT molecular complexity index is 566. The lowest BCUT2D eigenvalue weighted by Crippen LogP contribution is -2.32. The second-order valence-corrected chi connectivity index (χ2v) is 5.39. The molecule has 5 nitrogen and oxygen atoms in total. The summed E-state index contributed by atoms with van der Waals surface area (Å²) >= 11 is 8.36. The Labute approximate surface area is 136 Å². The first-order valence-corrected chi connectivity index (χ1v) is 7.20. The molecule has 8 heteroatoms. The molecule has 0 aliphatic carbocycles. The van der Waals surface area contributed by atoms with E-state index in [1.54, 1.807) is 13.0 Å². The summed E-state index contributed by atoms with van der Waals surface area (Å²) in [5, 5.41) is 7.10. The highest BCUT2D eigenvalue weighted by Gasteiger charge is 2.04. The minimum atomic E-state index is -0.374. The smallest absolute Gasteiger partial charge is 0.311 e. The molecular weight excluding hydrogens is 361 g/mol. The van der Waals surface area contributed by atoms with Gasteiger partial charge < -0.3 is 10.1 Å². The van der Waals surface area contributed by atoms with Crippen molar-refractivity contribution in [1.29, 1.82) is 0 Å². The third-order valence-electron chi connectivity index (χ3n) is 2.42. The van der Waals surface area contributed by atoms with Crippen molar-refractivity contribution >= 4 is 44.9 Å². The van der Waals surface area contributed by atoms with Gasteiger partial charge in [0, 0.05) is 16.7 Å². The number of hydrogen-bond donors (Lipinski definition) is 2. The third kappa shape index (κ3) is 6.63. The summed E-state index contributed by atoms with van der Waals surface area (Å²) in [6.07, 6.45) is 0.0849. The van der Waals surface area contributed by atoms with Crippen LogP contribution in [0.15, 0.2) is 27.8 Å². The van der Waals surface area contributed by atoms with E-state index in [-0.39, 0.29) is 23.3 Å². The lowest BCUT2D eigenvalue weighted by molar-refractivity contribution is -0.139. The second-order valence-electron chi connectivity index (χ2n) is 4.13. The number of nitrogens with one attached hydrogen (secondary N) is 2. The Morgan fingerprint density at radius 1 is 1.52 bits per heavy atom. The number of nitrogens with zero attached hydrogens (tertiary/aromatic N) is 1. The van der Waals surface area contributed by atoms with Gasteiger partial charge in [0.25, 0.3) is 0 Å². The van der Waals surface area contributed by atoms with Gasteiger partial charge in [0.15, 0.2) is 5.11 Å². The number of thiocarbonyl (C=S) groups is 1. The van der Waals surface area contributed by atoms with Crippen LogP contribution in [0.5, 0.6) is 0 Å². The number of halogens is 2. The van der Waals surface area contributed by atoms with Gasteiger partial charge in [-0.05, 0) is 42.9 Å². The molecule has 0 saturated carbocycles. The first kappa shape index (κ1) is 17.5. The number of ether oxygens (including phenoxy) is 1. The first-order valence-electron chi connectivity index (χ1n) is 6.00. The lowest BCUT2D eigenvalue weighted by Gasteiger charge is -2.09. The van der Waals surface area contributed by atoms with Crippen molar-refractivity contribution in [3.05, 3.63) is 34.1 Å². The predicted molar refractivity (Wildman–Crippen MR) is 86.4 cm³/mol. The average Bonchev–Trinajstić information content (AvgIpc) is 2.45. The van der Waals surface area contributed by atoms with Gasteiger partial charge in [-0.25, -0.2) is 4.39 Å². The molecule has 0 radical (unpaired) electrons. The molecule has 1 rings (SSSR count). The average molecular weight is 376 g/mol. The fourth-order valence-corrected chi connectivity index (χ4v) is 1.87. The Balaban J connectivity index is 2.46. The van der Waals surface area contributed by atoms with Gasteiger partial charge >= 0.3 is 5.97 Å². The molecule has 21 heavy (non-hydrogen) atoms. The lowest BCUT2D eigenvalue weighted by atomic mass is 10.2. The molecule has 2 N–H and O–H groups in total. The summed E-state index contributed by atoms with van der Waals surface area (Å²) in [6.45, 7) is 2.02. The maximum absolute atomic E-state index is 13.1. The fraction of sp³-hybridized carbons (Fsp3) is 0.308. The summed E-state index contributed by atoms with van der Waals surface area (Å²) in [6, 6.07) is 4.40. The molecule has 0 aliphatic heterocycles. The van der Waals surface area contributed by atoms with E-state index in [0.29, 0.717) is 12.3 Å². The Morgan fingerprint density at radius 3 is 2.90 bits per heavy atom. The van der Waals surface area contributed by atoms with Crippen molar-refractivity contribution in [3.63, 3.8) is 0 Å². The molecule has 0 bridgehead atoms. The molecule has 0 amide bonds. The van der Waals surface area contributed by atoms with Crippen LogP contribution in [0.4, 0.5) is 4.39 Å². The van der Waals surface area contributed by atoms with E-state index in [2.05, 4.69) is 36.5 Å². The zero-order valence-corrected chi connectivity index (χ0v) is 14.0. The fourth-order valence-electron chi connectivity index (χ4n) is 1.36. The summed E-state index contributed by atoms with van der Waals surface area (Å²) in [5.74, 6) is -0.693. The number of hydrazone groups is 1. The van der Waals surface area contributed by atoms with Crippen molar-refractivity contribution in [1.82, 2.24) is 10.7 Å². The first-order chi connectivity index (χ1) is 9.92. The predicted octanol–water partition coefficient (Wildman–Crippen LogP) is 2.49. The molecule has 0 saturated heterocycles. The van der Waals surface area contributed by atoms with Crippen LogP contribution in [-0.4, -0.2) is 23.9 Å². The quantitative estimate of drug-likeness (QED) is 0.358. The van der Waals surface area contributed by atoms with Crippen molar-refractivity contribution in [3.8, 4) is 0 Å². The third-order valence-corrected chi connectivity index (χ3v) is 3.43. The van der Waals surface area contributed by atoms with Gasteiger partial charge in [-0.1, -0.05) is 15.9 Å². The molecule has 1 aromatic carbocycles. The highest BCUT2D eigenvalue weighted by molar-refractivity contribution is 9.10. The molecule has 114 valence electrons. The van der Waals surface area contributed by atoms with E-state index in [1.165, 1.54) is 19.2 Å². The zero-order chi connectivity index (χ0) is 15.8. The highest BCUT2D eigenvalue weighted by Crippen LogP contribution is 2.17. The standard InChI is InChI=1S/C13H15BrFN3O2S/c1-8(5-12(19)20-2)17-18-13(21)16-7-9-6-10(15)3-4-11(9)14/h3-4,6H,5,7H2,1-2H3,(H2,16,18,21)/b17-8+. The number of carbonyl (C=O) groups is 1. The van der Waals surface area contributed by atoms with Gasteiger partial charge in [0.2, 0.25) is 0 Å². The molecule has 0 aliphatic rings. The van der Waals surface area contributed by atoms with Crippen LogP contribution in [0.25, 0.3) is 0 Å². The number of methoxy groups -OCH3 is 1. The second kappa shape index (κ2) is 8.68. The van der Waals surface area contributed by atoms with Crippen LogP contribution in [0, 0.1) is 5.82 Å². The van der Waals surface area contributed by atoms with Crippen molar-refractivity contribution < 1.29 is 13.9 Å². The molecule has 0 aromatic heterocycles. The van der Waals surface area contributed by atoms with Gasteiger partial charge in [0.1, 0.15) is 5.82 Å². The number of benzene rings is 1. The Hall–Kier alpha value is -1.54. The molecule has 0 spiro atoms. The van der Waals surface area contributed by atoms with Crippen LogP contribution >= 0.6 is 28.1 Å².